The van der Waals surface area contributed by atoms with E-state index in [-0.39, 0.29) is 17.8 Å². The Morgan fingerprint density at radius 3 is 2.53 bits per heavy atom. The number of halogens is 2. The van der Waals surface area contributed by atoms with Gasteiger partial charge in [-0.15, -0.1) is 0 Å². The molecule has 2 fully saturated rings. The lowest BCUT2D eigenvalue weighted by molar-refractivity contribution is -0.0813. The number of hydrogen-bond acceptors (Lipinski definition) is 3. The average molecular weight is 269 g/mol. The average Bonchev–Trinajstić information content (AvgIpc) is 2.36. The summed E-state index contributed by atoms with van der Waals surface area (Å²) in [6, 6.07) is 2.30. The van der Waals surface area contributed by atoms with Crippen molar-refractivity contribution in [2.75, 3.05) is 26.3 Å². The Bertz CT molecular complexity index is 457. The Kier molecular flexibility index (Phi) is 3.66. The Balaban J connectivity index is 1.89. The first-order valence-electron chi connectivity index (χ1n) is 6.68. The van der Waals surface area contributed by atoms with Gasteiger partial charge in [0.05, 0.1) is 13.2 Å². The van der Waals surface area contributed by atoms with Gasteiger partial charge in [-0.05, 0) is 37.9 Å². The van der Waals surface area contributed by atoms with E-state index in [0.29, 0.717) is 18.8 Å². The van der Waals surface area contributed by atoms with Crippen molar-refractivity contribution in [1.82, 2.24) is 5.32 Å². The van der Waals surface area contributed by atoms with Gasteiger partial charge in [-0.3, -0.25) is 0 Å². The molecular formula is C14H17F2NO2. The highest BCUT2D eigenvalue weighted by molar-refractivity contribution is 5.39. The third kappa shape index (κ3) is 2.72. The highest BCUT2D eigenvalue weighted by Gasteiger charge is 2.27. The minimum Gasteiger partial charge on any atom is -0.482 e. The molecule has 3 nitrogen and oxygen atoms in total. The molecular weight excluding hydrogens is 252 g/mol. The molecule has 1 N–H and O–H groups in total. The maximum absolute atomic E-state index is 14.0. The third-order valence-electron chi connectivity index (χ3n) is 3.71. The zero-order valence-corrected chi connectivity index (χ0v) is 10.6. The Morgan fingerprint density at radius 2 is 1.89 bits per heavy atom. The molecule has 0 aliphatic carbocycles. The number of benzene rings is 1. The van der Waals surface area contributed by atoms with Crippen LogP contribution in [-0.2, 0) is 4.74 Å². The highest BCUT2D eigenvalue weighted by atomic mass is 19.1. The van der Waals surface area contributed by atoms with E-state index < -0.39 is 11.6 Å². The topological polar surface area (TPSA) is 30.5 Å². The summed E-state index contributed by atoms with van der Waals surface area (Å²) in [5, 5.41) is 3.25. The summed E-state index contributed by atoms with van der Waals surface area (Å²) in [7, 11) is 0. The zero-order valence-electron chi connectivity index (χ0n) is 10.6. The normalized spacial score (nSPS) is 21.2. The smallest absolute Gasteiger partial charge is 0.168 e. The number of ether oxygens (including phenoxy) is 2. The minimum atomic E-state index is -0.611. The number of rotatable bonds is 3. The number of piperidine rings is 1. The van der Waals surface area contributed by atoms with Crippen LogP contribution in [0.5, 0.6) is 5.75 Å². The van der Waals surface area contributed by atoms with Crippen LogP contribution in [-0.4, -0.2) is 32.4 Å². The molecule has 19 heavy (non-hydrogen) atoms. The fourth-order valence-electron chi connectivity index (χ4n) is 2.59. The van der Waals surface area contributed by atoms with Gasteiger partial charge in [0, 0.05) is 11.6 Å². The van der Waals surface area contributed by atoms with Crippen molar-refractivity contribution in [1.29, 1.82) is 0 Å². The van der Waals surface area contributed by atoms with Crippen LogP contribution in [0.25, 0.3) is 0 Å². The van der Waals surface area contributed by atoms with Gasteiger partial charge in [-0.1, -0.05) is 0 Å². The molecule has 5 heteroatoms. The molecule has 0 spiro atoms. The zero-order chi connectivity index (χ0) is 13.2. The molecule has 0 saturated carbocycles. The summed E-state index contributed by atoms with van der Waals surface area (Å²) >= 11 is 0. The first-order chi connectivity index (χ1) is 9.24. The largest absolute Gasteiger partial charge is 0.482 e. The van der Waals surface area contributed by atoms with Gasteiger partial charge in [-0.25, -0.2) is 8.78 Å². The Morgan fingerprint density at radius 1 is 1.16 bits per heavy atom. The Labute approximate surface area is 110 Å². The minimum absolute atomic E-state index is 0.111. The maximum atomic E-state index is 14.0. The summed E-state index contributed by atoms with van der Waals surface area (Å²) in [5.74, 6) is -0.785. The van der Waals surface area contributed by atoms with Crippen LogP contribution in [0, 0.1) is 11.6 Å². The van der Waals surface area contributed by atoms with Gasteiger partial charge in [0.15, 0.2) is 11.6 Å². The van der Waals surface area contributed by atoms with Gasteiger partial charge in [0.25, 0.3) is 0 Å². The second-order valence-corrected chi connectivity index (χ2v) is 5.11. The summed E-state index contributed by atoms with van der Waals surface area (Å²) in [6.45, 7) is 2.69. The quantitative estimate of drug-likeness (QED) is 0.912. The van der Waals surface area contributed by atoms with Crippen LogP contribution in [0.15, 0.2) is 12.1 Å². The predicted molar refractivity (Wildman–Crippen MR) is 66.4 cm³/mol. The molecule has 2 aliphatic heterocycles. The lowest BCUT2D eigenvalue weighted by Gasteiger charge is -2.30. The molecule has 2 saturated heterocycles. The molecule has 2 heterocycles. The third-order valence-corrected chi connectivity index (χ3v) is 3.71. The molecule has 3 rings (SSSR count). The molecule has 104 valence electrons. The van der Waals surface area contributed by atoms with Gasteiger partial charge >= 0.3 is 0 Å². The van der Waals surface area contributed by atoms with E-state index >= 15 is 0 Å². The van der Waals surface area contributed by atoms with Crippen molar-refractivity contribution >= 4 is 0 Å². The maximum Gasteiger partial charge on any atom is 0.168 e. The van der Waals surface area contributed by atoms with Crippen LogP contribution in [0.1, 0.15) is 24.3 Å². The number of nitrogens with one attached hydrogen (secondary N) is 1. The Hall–Kier alpha value is -1.20. The molecule has 0 aromatic heterocycles. The molecule has 0 unspecified atom stereocenters. The van der Waals surface area contributed by atoms with Gasteiger partial charge in [0.1, 0.15) is 11.9 Å². The molecule has 0 atom stereocenters. The van der Waals surface area contributed by atoms with Gasteiger partial charge in [-0.2, -0.15) is 0 Å². The van der Waals surface area contributed by atoms with Gasteiger partial charge in [0.2, 0.25) is 0 Å². The first kappa shape index (κ1) is 12.8. The van der Waals surface area contributed by atoms with Crippen LogP contribution in [0.4, 0.5) is 8.78 Å². The van der Waals surface area contributed by atoms with Crippen molar-refractivity contribution in [3.63, 3.8) is 0 Å². The summed E-state index contributed by atoms with van der Waals surface area (Å²) < 4.78 is 38.1. The molecule has 2 aliphatic rings. The van der Waals surface area contributed by atoms with Gasteiger partial charge < -0.3 is 14.8 Å². The molecule has 0 bridgehead atoms. The number of hydrogen-bond donors (Lipinski definition) is 1. The van der Waals surface area contributed by atoms with Crippen molar-refractivity contribution in [2.24, 2.45) is 0 Å². The fraction of sp³-hybridized carbons (Fsp3) is 0.571. The van der Waals surface area contributed by atoms with E-state index in [0.717, 1.165) is 32.0 Å². The van der Waals surface area contributed by atoms with Crippen molar-refractivity contribution in [3.05, 3.63) is 29.3 Å². The van der Waals surface area contributed by atoms with Crippen LogP contribution in [0.3, 0.4) is 0 Å². The van der Waals surface area contributed by atoms with E-state index in [1.165, 1.54) is 6.07 Å². The first-order valence-corrected chi connectivity index (χ1v) is 6.68. The predicted octanol–water partition coefficient (Wildman–Crippen LogP) is 2.21. The van der Waals surface area contributed by atoms with Crippen molar-refractivity contribution in [3.8, 4) is 5.75 Å². The van der Waals surface area contributed by atoms with Crippen LogP contribution in [0.2, 0.25) is 0 Å². The second kappa shape index (κ2) is 5.43. The fourth-order valence-corrected chi connectivity index (χ4v) is 2.59. The van der Waals surface area contributed by atoms with E-state index in [2.05, 4.69) is 5.32 Å². The van der Waals surface area contributed by atoms with E-state index in [1.54, 1.807) is 0 Å². The standard InChI is InChI=1S/C14H17F2NO2/c15-10-5-12(9-1-3-17-4-2-9)14(13(16)6-10)19-11-7-18-8-11/h5-6,9,11,17H,1-4,7-8H2. The van der Waals surface area contributed by atoms with E-state index in [1.807, 2.05) is 0 Å². The lowest BCUT2D eigenvalue weighted by Crippen LogP contribution is -2.39. The van der Waals surface area contributed by atoms with Crippen LogP contribution < -0.4 is 10.1 Å². The monoisotopic (exact) mass is 269 g/mol. The van der Waals surface area contributed by atoms with Crippen molar-refractivity contribution in [2.45, 2.75) is 24.9 Å². The molecule has 1 aromatic rings. The second-order valence-electron chi connectivity index (χ2n) is 5.11. The lowest BCUT2D eigenvalue weighted by atomic mass is 9.89. The molecule has 0 amide bonds. The van der Waals surface area contributed by atoms with E-state index in [4.69, 9.17) is 9.47 Å². The molecule has 1 aromatic carbocycles. The van der Waals surface area contributed by atoms with Crippen molar-refractivity contribution < 1.29 is 18.3 Å². The van der Waals surface area contributed by atoms with E-state index in [9.17, 15) is 8.78 Å². The van der Waals surface area contributed by atoms with Crippen LogP contribution >= 0.6 is 0 Å². The summed E-state index contributed by atoms with van der Waals surface area (Å²) in [5.41, 5.74) is 0.658. The molecule has 0 radical (unpaired) electrons. The summed E-state index contributed by atoms with van der Waals surface area (Å²) in [4.78, 5) is 0. The highest BCUT2D eigenvalue weighted by Crippen LogP contribution is 2.36. The summed E-state index contributed by atoms with van der Waals surface area (Å²) in [6.07, 6.45) is 1.64. The SMILES string of the molecule is Fc1cc(F)c(OC2COC2)c(C2CCNCC2)c1.